The van der Waals surface area contributed by atoms with Crippen molar-refractivity contribution in [1.29, 1.82) is 0 Å². The highest BCUT2D eigenvalue weighted by Gasteiger charge is 2.22. The second-order valence-electron chi connectivity index (χ2n) is 5.72. The topological polar surface area (TPSA) is 83.5 Å². The number of sulfonamides is 1. The number of nitrogens with one attached hydrogen (secondary N) is 1. The van der Waals surface area contributed by atoms with Crippen molar-refractivity contribution in [2.75, 3.05) is 10.5 Å². The fraction of sp³-hybridized carbons (Fsp3) is 0.533. The monoisotopic (exact) mass is 311 g/mol. The Morgan fingerprint density at radius 2 is 1.95 bits per heavy atom. The minimum Gasteiger partial charge on any atom is -0.478 e. The highest BCUT2D eigenvalue weighted by atomic mass is 32.2. The standard InChI is InChI=1S/C15H21NO4S/c1-11-7-8-13(15(17)18)9-14(11)16-21(19,20)10-12-5-3-2-4-6-12/h7-9,12,16H,2-6,10H2,1H3,(H,17,18). The molecule has 6 heteroatoms. The van der Waals surface area contributed by atoms with E-state index in [2.05, 4.69) is 4.72 Å². The van der Waals surface area contributed by atoms with Crippen LogP contribution in [0.15, 0.2) is 18.2 Å². The molecule has 1 saturated carbocycles. The van der Waals surface area contributed by atoms with E-state index in [-0.39, 0.29) is 17.2 Å². The number of benzene rings is 1. The molecule has 0 radical (unpaired) electrons. The van der Waals surface area contributed by atoms with Crippen molar-refractivity contribution in [1.82, 2.24) is 0 Å². The van der Waals surface area contributed by atoms with Gasteiger partial charge in [0, 0.05) is 0 Å². The fourth-order valence-electron chi connectivity index (χ4n) is 2.74. The smallest absolute Gasteiger partial charge is 0.335 e. The van der Waals surface area contributed by atoms with Gasteiger partial charge in [-0.2, -0.15) is 0 Å². The molecule has 1 aliphatic rings. The molecule has 0 aromatic heterocycles. The number of hydrogen-bond donors (Lipinski definition) is 2. The Balaban J connectivity index is 2.12. The Hall–Kier alpha value is -1.56. The molecule has 1 aromatic carbocycles. The molecule has 0 aliphatic heterocycles. The summed E-state index contributed by atoms with van der Waals surface area (Å²) in [6.07, 6.45) is 5.27. The van der Waals surface area contributed by atoms with Crippen LogP contribution in [-0.2, 0) is 10.0 Å². The molecule has 1 aliphatic carbocycles. The van der Waals surface area contributed by atoms with Crippen molar-refractivity contribution in [3.63, 3.8) is 0 Å². The Morgan fingerprint density at radius 3 is 2.57 bits per heavy atom. The maximum atomic E-state index is 12.2. The lowest BCUT2D eigenvalue weighted by Crippen LogP contribution is -2.24. The van der Waals surface area contributed by atoms with Gasteiger partial charge in [0.05, 0.1) is 17.0 Å². The largest absolute Gasteiger partial charge is 0.478 e. The first-order valence-electron chi connectivity index (χ1n) is 7.22. The van der Waals surface area contributed by atoms with E-state index in [1.807, 2.05) is 0 Å². The molecule has 2 N–H and O–H groups in total. The molecule has 0 unspecified atom stereocenters. The summed E-state index contributed by atoms with van der Waals surface area (Å²) in [6, 6.07) is 4.45. The molecule has 1 aromatic rings. The van der Waals surface area contributed by atoms with Crippen LogP contribution < -0.4 is 4.72 Å². The fourth-order valence-corrected chi connectivity index (χ4v) is 4.33. The lowest BCUT2D eigenvalue weighted by molar-refractivity contribution is 0.0697. The maximum Gasteiger partial charge on any atom is 0.335 e. The third-order valence-electron chi connectivity index (χ3n) is 3.93. The summed E-state index contributed by atoms with van der Waals surface area (Å²) in [6.45, 7) is 1.75. The summed E-state index contributed by atoms with van der Waals surface area (Å²) in [7, 11) is -3.44. The molecular weight excluding hydrogens is 290 g/mol. The molecule has 0 heterocycles. The molecule has 116 valence electrons. The second-order valence-corrected chi connectivity index (χ2v) is 7.49. The molecule has 0 spiro atoms. The third kappa shape index (κ3) is 4.46. The van der Waals surface area contributed by atoms with Gasteiger partial charge in [0.25, 0.3) is 0 Å². The van der Waals surface area contributed by atoms with E-state index in [4.69, 9.17) is 5.11 Å². The number of carboxylic acids is 1. The molecule has 0 amide bonds. The van der Waals surface area contributed by atoms with Gasteiger partial charge in [-0.15, -0.1) is 0 Å². The van der Waals surface area contributed by atoms with Crippen LogP contribution in [0.1, 0.15) is 48.0 Å². The average molecular weight is 311 g/mol. The number of aryl methyl sites for hydroxylation is 1. The minimum atomic E-state index is -3.44. The number of anilines is 1. The van der Waals surface area contributed by atoms with E-state index in [0.717, 1.165) is 25.7 Å². The molecular formula is C15H21NO4S. The first-order valence-corrected chi connectivity index (χ1v) is 8.87. The summed E-state index contributed by atoms with van der Waals surface area (Å²) in [5.74, 6) is -0.744. The van der Waals surface area contributed by atoms with Crippen LogP contribution in [0.25, 0.3) is 0 Å². The van der Waals surface area contributed by atoms with Gasteiger partial charge in [0.15, 0.2) is 0 Å². The molecule has 2 rings (SSSR count). The minimum absolute atomic E-state index is 0.0796. The second kappa shape index (κ2) is 6.47. The van der Waals surface area contributed by atoms with Gasteiger partial charge in [0.2, 0.25) is 10.0 Å². The van der Waals surface area contributed by atoms with E-state index >= 15 is 0 Å². The van der Waals surface area contributed by atoms with E-state index in [9.17, 15) is 13.2 Å². The van der Waals surface area contributed by atoms with E-state index in [1.54, 1.807) is 13.0 Å². The van der Waals surface area contributed by atoms with Gasteiger partial charge < -0.3 is 5.11 Å². The van der Waals surface area contributed by atoms with Crippen molar-refractivity contribution >= 4 is 21.7 Å². The van der Waals surface area contributed by atoms with Gasteiger partial charge in [-0.25, -0.2) is 13.2 Å². The molecule has 0 saturated heterocycles. The predicted octanol–water partition coefficient (Wildman–Crippen LogP) is 3.02. The van der Waals surface area contributed by atoms with E-state index < -0.39 is 16.0 Å². The third-order valence-corrected chi connectivity index (χ3v) is 5.37. The van der Waals surface area contributed by atoms with Crippen molar-refractivity contribution in [2.24, 2.45) is 5.92 Å². The van der Waals surface area contributed by atoms with Crippen molar-refractivity contribution < 1.29 is 18.3 Å². The summed E-state index contributed by atoms with van der Waals surface area (Å²) in [4.78, 5) is 11.0. The highest BCUT2D eigenvalue weighted by Crippen LogP contribution is 2.26. The van der Waals surface area contributed by atoms with Crippen LogP contribution in [0.5, 0.6) is 0 Å². The number of aromatic carboxylic acids is 1. The lowest BCUT2D eigenvalue weighted by atomic mass is 9.91. The van der Waals surface area contributed by atoms with Crippen molar-refractivity contribution in [3.05, 3.63) is 29.3 Å². The van der Waals surface area contributed by atoms with Crippen LogP contribution in [0.4, 0.5) is 5.69 Å². The van der Waals surface area contributed by atoms with Gasteiger partial charge in [-0.05, 0) is 43.4 Å². The Kier molecular flexibility index (Phi) is 4.88. The van der Waals surface area contributed by atoms with E-state index in [1.165, 1.54) is 18.6 Å². The van der Waals surface area contributed by atoms with E-state index in [0.29, 0.717) is 11.3 Å². The summed E-state index contributed by atoms with van der Waals surface area (Å²) in [5.41, 5.74) is 1.15. The average Bonchev–Trinajstić information content (AvgIpc) is 2.41. The Morgan fingerprint density at radius 1 is 1.29 bits per heavy atom. The van der Waals surface area contributed by atoms with Crippen LogP contribution in [0.3, 0.4) is 0 Å². The lowest BCUT2D eigenvalue weighted by Gasteiger charge is -2.22. The molecule has 5 nitrogen and oxygen atoms in total. The first-order chi connectivity index (χ1) is 9.87. The van der Waals surface area contributed by atoms with Gasteiger partial charge in [-0.1, -0.05) is 25.3 Å². The maximum absolute atomic E-state index is 12.2. The zero-order chi connectivity index (χ0) is 15.5. The molecule has 1 fully saturated rings. The quantitative estimate of drug-likeness (QED) is 0.875. The highest BCUT2D eigenvalue weighted by molar-refractivity contribution is 7.92. The number of carboxylic acid groups (broad SMARTS) is 1. The van der Waals surface area contributed by atoms with Gasteiger partial charge >= 0.3 is 5.97 Å². The first kappa shape index (κ1) is 15.8. The summed E-state index contributed by atoms with van der Waals surface area (Å²) in [5, 5.41) is 8.98. The van der Waals surface area contributed by atoms with Gasteiger partial charge in [-0.3, -0.25) is 4.72 Å². The predicted molar refractivity (Wildman–Crippen MR) is 82.1 cm³/mol. The number of hydrogen-bond acceptors (Lipinski definition) is 3. The zero-order valence-corrected chi connectivity index (χ0v) is 12.9. The Bertz CT molecular complexity index is 619. The van der Waals surface area contributed by atoms with Crippen LogP contribution >= 0.6 is 0 Å². The molecule has 0 atom stereocenters. The van der Waals surface area contributed by atoms with Crippen LogP contribution in [0, 0.1) is 12.8 Å². The zero-order valence-electron chi connectivity index (χ0n) is 12.1. The summed E-state index contributed by atoms with van der Waals surface area (Å²) < 4.78 is 27.0. The summed E-state index contributed by atoms with van der Waals surface area (Å²) >= 11 is 0. The SMILES string of the molecule is Cc1ccc(C(=O)O)cc1NS(=O)(=O)CC1CCCCC1. The van der Waals surface area contributed by atoms with Crippen LogP contribution in [-0.4, -0.2) is 25.2 Å². The molecule has 21 heavy (non-hydrogen) atoms. The molecule has 0 bridgehead atoms. The number of carbonyl (C=O) groups is 1. The normalized spacial score (nSPS) is 16.6. The van der Waals surface area contributed by atoms with Gasteiger partial charge in [0.1, 0.15) is 0 Å². The Labute approximate surface area is 125 Å². The van der Waals surface area contributed by atoms with Crippen molar-refractivity contribution in [3.8, 4) is 0 Å². The number of rotatable bonds is 5. The van der Waals surface area contributed by atoms with Crippen molar-refractivity contribution in [2.45, 2.75) is 39.0 Å². The van der Waals surface area contributed by atoms with Crippen LogP contribution in [0.2, 0.25) is 0 Å².